The molecule has 2 rings (SSSR count). The van der Waals surface area contributed by atoms with Crippen molar-refractivity contribution in [2.45, 2.75) is 13.2 Å². The molecule has 1 heterocycles. The van der Waals surface area contributed by atoms with E-state index in [1.54, 1.807) is 17.9 Å². The molecule has 9 heteroatoms. The van der Waals surface area contributed by atoms with Gasteiger partial charge in [-0.1, -0.05) is 28.4 Å². The normalized spacial score (nSPS) is 10.9. The summed E-state index contributed by atoms with van der Waals surface area (Å²) in [4.78, 5) is 0. The molecule has 0 fully saturated rings. The maximum atomic E-state index is 12.2. The molecule has 1 aromatic heterocycles. The van der Waals surface area contributed by atoms with Crippen LogP contribution in [0.3, 0.4) is 0 Å². The fourth-order valence-electron chi connectivity index (χ4n) is 1.53. The highest BCUT2D eigenvalue weighted by atomic mass is 35.5. The molecule has 0 unspecified atom stereocenters. The maximum Gasteiger partial charge on any atom is 0.387 e. The first-order valence-corrected chi connectivity index (χ1v) is 6.24. The first kappa shape index (κ1) is 14.8. The van der Waals surface area contributed by atoms with Gasteiger partial charge in [-0.05, 0) is 12.1 Å². The molecular formula is C11H10Cl2F2N4O. The minimum absolute atomic E-state index is 0.000513. The van der Waals surface area contributed by atoms with Crippen molar-refractivity contribution in [3.05, 3.63) is 34.1 Å². The van der Waals surface area contributed by atoms with Gasteiger partial charge in [0.05, 0.1) is 16.6 Å². The Labute approximate surface area is 123 Å². The summed E-state index contributed by atoms with van der Waals surface area (Å²) in [7, 11) is 1.75. The summed E-state index contributed by atoms with van der Waals surface area (Å²) in [5, 5.41) is 10.7. The summed E-state index contributed by atoms with van der Waals surface area (Å²) in [6, 6.07) is 2.89. The molecule has 1 aromatic carbocycles. The number of halogens is 4. The molecule has 1 N–H and O–H groups in total. The van der Waals surface area contributed by atoms with Crippen LogP contribution in [0.1, 0.15) is 5.69 Å². The molecule has 0 atom stereocenters. The van der Waals surface area contributed by atoms with E-state index in [2.05, 4.69) is 20.4 Å². The Kier molecular flexibility index (Phi) is 4.61. The van der Waals surface area contributed by atoms with Crippen LogP contribution < -0.4 is 10.1 Å². The van der Waals surface area contributed by atoms with E-state index in [0.717, 1.165) is 0 Å². The number of hydrogen-bond donors (Lipinski definition) is 1. The van der Waals surface area contributed by atoms with Crippen LogP contribution in [0.5, 0.6) is 5.75 Å². The van der Waals surface area contributed by atoms with Gasteiger partial charge in [0, 0.05) is 18.9 Å². The van der Waals surface area contributed by atoms with Gasteiger partial charge in [0.2, 0.25) is 0 Å². The van der Waals surface area contributed by atoms with E-state index in [9.17, 15) is 8.78 Å². The van der Waals surface area contributed by atoms with Crippen LogP contribution in [0.4, 0.5) is 14.5 Å². The van der Waals surface area contributed by atoms with Crippen molar-refractivity contribution in [2.24, 2.45) is 7.05 Å². The zero-order valence-electron chi connectivity index (χ0n) is 10.3. The van der Waals surface area contributed by atoms with Gasteiger partial charge in [0.25, 0.3) is 0 Å². The van der Waals surface area contributed by atoms with Gasteiger partial charge in [-0.3, -0.25) is 4.68 Å². The maximum absolute atomic E-state index is 12.2. The fraction of sp³-hybridized carbons (Fsp3) is 0.273. The molecule has 108 valence electrons. The van der Waals surface area contributed by atoms with Crippen LogP contribution in [0.15, 0.2) is 18.3 Å². The van der Waals surface area contributed by atoms with E-state index < -0.39 is 6.61 Å². The van der Waals surface area contributed by atoms with Gasteiger partial charge in [0.15, 0.2) is 5.75 Å². The smallest absolute Gasteiger partial charge is 0.387 e. The standard InChI is InChI=1S/C11H10Cl2F2N4O/c1-19-5-7(17-18-19)4-16-6-2-8(12)10(9(13)3-6)20-11(14)15/h2-3,5,11,16H,4H2,1H3. The van der Waals surface area contributed by atoms with Crippen molar-refractivity contribution in [3.8, 4) is 5.75 Å². The minimum Gasteiger partial charge on any atom is -0.432 e. The summed E-state index contributed by atoms with van der Waals surface area (Å²) in [6.45, 7) is -2.58. The third-order valence-electron chi connectivity index (χ3n) is 2.33. The zero-order valence-corrected chi connectivity index (χ0v) is 11.8. The zero-order chi connectivity index (χ0) is 14.7. The van der Waals surface area contributed by atoms with E-state index >= 15 is 0 Å². The molecule has 2 aromatic rings. The van der Waals surface area contributed by atoms with E-state index in [1.807, 2.05) is 0 Å². The number of rotatable bonds is 5. The molecule has 0 bridgehead atoms. The second-order valence-corrected chi connectivity index (χ2v) is 4.70. The number of aromatic nitrogens is 3. The Morgan fingerprint density at radius 2 is 2.00 bits per heavy atom. The number of nitrogens with zero attached hydrogens (tertiary/aromatic N) is 3. The Bertz CT molecular complexity index is 583. The molecule has 0 aliphatic heterocycles. The van der Waals surface area contributed by atoms with Gasteiger partial charge in [-0.25, -0.2) is 0 Å². The van der Waals surface area contributed by atoms with Gasteiger partial charge >= 0.3 is 6.61 Å². The number of ether oxygens (including phenoxy) is 1. The number of anilines is 1. The van der Waals surface area contributed by atoms with Crippen LogP contribution in [-0.4, -0.2) is 21.6 Å². The highest BCUT2D eigenvalue weighted by Crippen LogP contribution is 2.37. The quantitative estimate of drug-likeness (QED) is 0.917. The first-order valence-electron chi connectivity index (χ1n) is 5.48. The van der Waals surface area contributed by atoms with Crippen molar-refractivity contribution in [2.75, 3.05) is 5.32 Å². The molecule has 0 amide bonds. The monoisotopic (exact) mass is 322 g/mol. The number of aryl methyl sites for hydroxylation is 1. The van der Waals surface area contributed by atoms with Gasteiger partial charge < -0.3 is 10.1 Å². The summed E-state index contributed by atoms with van der Waals surface area (Å²) in [5.74, 6) is -0.242. The molecule has 0 saturated heterocycles. The molecule has 0 radical (unpaired) electrons. The molecule has 5 nitrogen and oxygen atoms in total. The number of benzene rings is 1. The van der Waals surface area contributed by atoms with Crippen LogP contribution in [0.2, 0.25) is 10.0 Å². The lowest BCUT2D eigenvalue weighted by Gasteiger charge is -2.11. The van der Waals surface area contributed by atoms with E-state index in [1.165, 1.54) is 12.1 Å². The predicted octanol–water partition coefficient (Wildman–Crippen LogP) is 3.34. The number of hydrogen-bond acceptors (Lipinski definition) is 4. The number of alkyl halides is 2. The average Bonchev–Trinajstić information content (AvgIpc) is 2.77. The number of nitrogens with one attached hydrogen (secondary N) is 1. The topological polar surface area (TPSA) is 52.0 Å². The molecule has 0 saturated carbocycles. The molecule has 0 aliphatic rings. The van der Waals surface area contributed by atoms with Gasteiger partial charge in [-0.2, -0.15) is 8.78 Å². The lowest BCUT2D eigenvalue weighted by atomic mass is 10.3. The van der Waals surface area contributed by atoms with E-state index in [0.29, 0.717) is 17.9 Å². The summed E-state index contributed by atoms with van der Waals surface area (Å²) >= 11 is 11.7. The summed E-state index contributed by atoms with van der Waals surface area (Å²) < 4.78 is 30.2. The Hall–Kier alpha value is -1.60. The second kappa shape index (κ2) is 6.23. The third kappa shape index (κ3) is 3.71. The van der Waals surface area contributed by atoms with E-state index in [-0.39, 0.29) is 15.8 Å². The molecular weight excluding hydrogens is 313 g/mol. The second-order valence-electron chi connectivity index (χ2n) is 3.88. The van der Waals surface area contributed by atoms with Crippen molar-refractivity contribution >= 4 is 28.9 Å². The largest absolute Gasteiger partial charge is 0.432 e. The van der Waals surface area contributed by atoms with Crippen molar-refractivity contribution in [3.63, 3.8) is 0 Å². The average molecular weight is 323 g/mol. The predicted molar refractivity (Wildman–Crippen MR) is 71.4 cm³/mol. The molecule has 0 aliphatic carbocycles. The molecule has 20 heavy (non-hydrogen) atoms. The minimum atomic E-state index is -2.98. The highest BCUT2D eigenvalue weighted by Gasteiger charge is 2.14. The fourth-order valence-corrected chi connectivity index (χ4v) is 2.11. The van der Waals surface area contributed by atoms with Crippen LogP contribution in [0, 0.1) is 0 Å². The molecule has 0 spiro atoms. The van der Waals surface area contributed by atoms with E-state index in [4.69, 9.17) is 23.2 Å². The summed E-state index contributed by atoms with van der Waals surface area (Å²) in [5.41, 5.74) is 1.28. The lowest BCUT2D eigenvalue weighted by Crippen LogP contribution is -2.04. The van der Waals surface area contributed by atoms with Gasteiger partial charge in [-0.15, -0.1) is 5.10 Å². The highest BCUT2D eigenvalue weighted by molar-refractivity contribution is 6.37. The van der Waals surface area contributed by atoms with Crippen molar-refractivity contribution in [1.29, 1.82) is 0 Å². The Balaban J connectivity index is 2.09. The van der Waals surface area contributed by atoms with Crippen LogP contribution in [0.25, 0.3) is 0 Å². The van der Waals surface area contributed by atoms with Crippen LogP contribution in [-0.2, 0) is 13.6 Å². The SMILES string of the molecule is Cn1cc(CNc2cc(Cl)c(OC(F)F)c(Cl)c2)nn1. The Morgan fingerprint density at radius 1 is 1.35 bits per heavy atom. The third-order valence-corrected chi connectivity index (χ3v) is 2.89. The first-order chi connectivity index (χ1) is 9.45. The Morgan fingerprint density at radius 3 is 2.50 bits per heavy atom. The van der Waals surface area contributed by atoms with Crippen LogP contribution >= 0.6 is 23.2 Å². The lowest BCUT2D eigenvalue weighted by molar-refractivity contribution is -0.0497. The van der Waals surface area contributed by atoms with Crippen molar-refractivity contribution in [1.82, 2.24) is 15.0 Å². The summed E-state index contributed by atoms with van der Waals surface area (Å²) in [6.07, 6.45) is 1.74. The van der Waals surface area contributed by atoms with Crippen molar-refractivity contribution < 1.29 is 13.5 Å². The van der Waals surface area contributed by atoms with Gasteiger partial charge in [0.1, 0.15) is 5.69 Å².